The van der Waals surface area contributed by atoms with Gasteiger partial charge in [-0.05, 0) is 53.2 Å². The molecule has 0 aliphatic rings. The third kappa shape index (κ3) is 2.03. The number of benzene rings is 5. The number of hydrogen-bond acceptors (Lipinski definition) is 1. The van der Waals surface area contributed by atoms with Gasteiger partial charge in [-0.3, -0.25) is 0 Å². The van der Waals surface area contributed by atoms with Crippen LogP contribution in [0.3, 0.4) is 0 Å². The van der Waals surface area contributed by atoms with Crippen molar-refractivity contribution in [1.29, 1.82) is 0 Å². The first-order chi connectivity index (χ1) is 17.0. The smallest absolute Gasteiger partial charge is 0.136 e. The lowest BCUT2D eigenvalue weighted by atomic mass is 10.0. The van der Waals surface area contributed by atoms with E-state index in [1.807, 2.05) is 60.7 Å². The fourth-order valence-electron chi connectivity index (χ4n) is 4.61. The summed E-state index contributed by atoms with van der Waals surface area (Å²) in [7, 11) is 0. The van der Waals surface area contributed by atoms with Crippen molar-refractivity contribution < 1.29 is 11.3 Å². The molecule has 0 saturated carbocycles. The highest BCUT2D eigenvalue weighted by Crippen LogP contribution is 2.39. The van der Waals surface area contributed by atoms with E-state index in [2.05, 4.69) is 12.1 Å². The van der Waals surface area contributed by atoms with Gasteiger partial charge in [0.25, 0.3) is 0 Å². The first kappa shape index (κ1) is 11.8. The Morgan fingerprint density at radius 1 is 0.633 bits per heavy atom. The lowest BCUT2D eigenvalue weighted by molar-refractivity contribution is 0.669. The average molecular weight is 388 g/mol. The van der Waals surface area contributed by atoms with Crippen LogP contribution in [0, 0.1) is 0 Å². The molecule has 0 aliphatic heterocycles. The Morgan fingerprint density at radius 3 is 2.33 bits per heavy atom. The molecule has 2 aromatic heterocycles. The summed E-state index contributed by atoms with van der Waals surface area (Å²) in [5, 5.41) is 6.00. The van der Waals surface area contributed by atoms with Crippen LogP contribution in [0.1, 0.15) is 6.85 Å². The summed E-state index contributed by atoms with van der Waals surface area (Å²) in [6.07, 6.45) is 0. The van der Waals surface area contributed by atoms with Gasteiger partial charge >= 0.3 is 0 Å². The van der Waals surface area contributed by atoms with Crippen LogP contribution in [0.2, 0.25) is 0 Å². The van der Waals surface area contributed by atoms with E-state index in [9.17, 15) is 0 Å². The summed E-state index contributed by atoms with van der Waals surface area (Å²) < 4.78 is 49.5. The molecule has 0 amide bonds. The SMILES string of the molecule is [2H]c1c([2H])c([2H])c(-n2c3ccccc3c3cc4c(ccc5oc6ccccc6c54)cc32)c([2H])c1[2H]. The number of nitrogens with zero attached hydrogens (tertiary/aromatic N) is 1. The van der Waals surface area contributed by atoms with Gasteiger partial charge in [0, 0.05) is 27.2 Å². The van der Waals surface area contributed by atoms with Crippen LogP contribution in [0.4, 0.5) is 0 Å². The van der Waals surface area contributed by atoms with Crippen LogP contribution in [-0.4, -0.2) is 4.57 Å². The van der Waals surface area contributed by atoms with Crippen LogP contribution in [0.15, 0.2) is 107 Å². The summed E-state index contributed by atoms with van der Waals surface area (Å²) in [6.45, 7) is 0. The zero-order chi connectivity index (χ0) is 24.0. The van der Waals surface area contributed by atoms with Gasteiger partial charge in [0.1, 0.15) is 11.2 Å². The van der Waals surface area contributed by atoms with E-state index in [-0.39, 0.29) is 29.9 Å². The second-order valence-corrected chi connectivity index (χ2v) is 7.45. The van der Waals surface area contributed by atoms with Gasteiger partial charge < -0.3 is 8.98 Å². The van der Waals surface area contributed by atoms with E-state index in [1.54, 1.807) is 4.57 Å². The molecule has 7 aromatic rings. The molecule has 30 heavy (non-hydrogen) atoms. The van der Waals surface area contributed by atoms with Gasteiger partial charge in [0.15, 0.2) is 0 Å². The van der Waals surface area contributed by atoms with E-state index in [4.69, 9.17) is 11.3 Å². The molecule has 0 bridgehead atoms. The van der Waals surface area contributed by atoms with Gasteiger partial charge in [0.2, 0.25) is 0 Å². The summed E-state index contributed by atoms with van der Waals surface area (Å²) in [5.41, 5.74) is 3.36. The number of hydrogen-bond donors (Lipinski definition) is 0. The molecule has 7 rings (SSSR count). The maximum absolute atomic E-state index is 8.60. The summed E-state index contributed by atoms with van der Waals surface area (Å²) in [5.74, 6) is 0. The highest BCUT2D eigenvalue weighted by Gasteiger charge is 2.16. The second kappa shape index (κ2) is 5.74. The minimum absolute atomic E-state index is 0.149. The van der Waals surface area contributed by atoms with Crippen molar-refractivity contribution in [2.45, 2.75) is 0 Å². The molecular formula is C28H17NO. The molecule has 0 unspecified atom stereocenters. The Kier molecular flexibility index (Phi) is 2.27. The topological polar surface area (TPSA) is 18.1 Å². The molecule has 2 heteroatoms. The highest BCUT2D eigenvalue weighted by atomic mass is 16.3. The first-order valence-electron chi connectivity index (χ1n) is 12.3. The summed E-state index contributed by atoms with van der Waals surface area (Å²) in [4.78, 5) is 0. The van der Waals surface area contributed by atoms with Crippen LogP contribution in [0.5, 0.6) is 0 Å². The van der Waals surface area contributed by atoms with Crippen molar-refractivity contribution in [1.82, 2.24) is 4.57 Å². The van der Waals surface area contributed by atoms with Crippen molar-refractivity contribution in [3.63, 3.8) is 0 Å². The Balaban J connectivity index is 1.70. The van der Waals surface area contributed by atoms with Crippen LogP contribution >= 0.6 is 0 Å². The molecular weight excluding hydrogens is 366 g/mol. The molecule has 0 spiro atoms. The predicted octanol–water partition coefficient (Wildman–Crippen LogP) is 7.84. The van der Waals surface area contributed by atoms with Gasteiger partial charge in [-0.25, -0.2) is 0 Å². The number of furan rings is 1. The van der Waals surface area contributed by atoms with E-state index in [0.29, 0.717) is 0 Å². The first-order valence-corrected chi connectivity index (χ1v) is 9.80. The van der Waals surface area contributed by atoms with Crippen LogP contribution in [-0.2, 0) is 0 Å². The Morgan fingerprint density at radius 2 is 1.43 bits per heavy atom. The largest absolute Gasteiger partial charge is 0.456 e. The van der Waals surface area contributed by atoms with Gasteiger partial charge in [-0.15, -0.1) is 0 Å². The normalized spacial score (nSPS) is 14.3. The summed E-state index contributed by atoms with van der Waals surface area (Å²) >= 11 is 0. The quantitative estimate of drug-likeness (QED) is 0.280. The van der Waals surface area contributed by atoms with E-state index in [0.717, 1.165) is 54.5 Å². The monoisotopic (exact) mass is 388 g/mol. The van der Waals surface area contributed by atoms with Crippen LogP contribution in [0.25, 0.3) is 60.2 Å². The molecule has 0 atom stereocenters. The van der Waals surface area contributed by atoms with Crippen molar-refractivity contribution >= 4 is 54.5 Å². The van der Waals surface area contributed by atoms with Gasteiger partial charge in [0.05, 0.1) is 17.9 Å². The number of fused-ring (bicyclic) bond motifs is 8. The van der Waals surface area contributed by atoms with Gasteiger partial charge in [-0.2, -0.15) is 0 Å². The lowest BCUT2D eigenvalue weighted by Gasteiger charge is -2.08. The molecule has 0 N–H and O–H groups in total. The highest BCUT2D eigenvalue weighted by molar-refractivity contribution is 6.23. The predicted molar refractivity (Wildman–Crippen MR) is 126 cm³/mol. The fraction of sp³-hybridized carbons (Fsp3) is 0. The number of aromatic nitrogens is 1. The average Bonchev–Trinajstić information content (AvgIpc) is 3.41. The standard InChI is InChI=1S/C28H17NO/c1-2-8-19(9-3-1)29-24-12-6-4-10-20(24)23-17-22-18(16-25(23)29)14-15-27-28(22)21-11-5-7-13-26(21)30-27/h1-17H/i1D,2D,3D,8D,9D. The molecule has 2 nitrogen and oxygen atoms in total. The van der Waals surface area contributed by atoms with E-state index >= 15 is 0 Å². The zero-order valence-electron chi connectivity index (χ0n) is 20.8. The molecule has 2 heterocycles. The molecule has 0 radical (unpaired) electrons. The molecule has 5 aromatic carbocycles. The maximum atomic E-state index is 8.60. The minimum atomic E-state index is -0.399. The Labute approximate surface area is 179 Å². The molecule has 140 valence electrons. The van der Waals surface area contributed by atoms with Crippen LogP contribution < -0.4 is 0 Å². The van der Waals surface area contributed by atoms with E-state index < -0.39 is 6.04 Å². The summed E-state index contributed by atoms with van der Waals surface area (Å²) in [6, 6.07) is 22.3. The van der Waals surface area contributed by atoms with E-state index in [1.165, 1.54) is 0 Å². The Bertz CT molecular complexity index is 1990. The number of para-hydroxylation sites is 3. The fourth-order valence-corrected chi connectivity index (χ4v) is 4.61. The second-order valence-electron chi connectivity index (χ2n) is 7.45. The Hall–Kier alpha value is -4.04. The van der Waals surface area contributed by atoms with Gasteiger partial charge in [-0.1, -0.05) is 60.6 Å². The third-order valence-corrected chi connectivity index (χ3v) is 5.86. The molecule has 0 saturated heterocycles. The lowest BCUT2D eigenvalue weighted by Crippen LogP contribution is -1.92. The van der Waals surface area contributed by atoms with Crippen molar-refractivity contribution in [2.75, 3.05) is 0 Å². The zero-order valence-corrected chi connectivity index (χ0v) is 15.8. The third-order valence-electron chi connectivity index (χ3n) is 5.86. The van der Waals surface area contributed by atoms with Crippen molar-refractivity contribution in [3.8, 4) is 5.69 Å². The molecule has 0 fully saturated rings. The maximum Gasteiger partial charge on any atom is 0.136 e. The minimum Gasteiger partial charge on any atom is -0.456 e. The van der Waals surface area contributed by atoms with Crippen molar-refractivity contribution in [3.05, 3.63) is 103 Å². The van der Waals surface area contributed by atoms with Crippen molar-refractivity contribution in [2.24, 2.45) is 0 Å². The number of rotatable bonds is 1. The molecule has 0 aliphatic carbocycles.